The first kappa shape index (κ1) is 25.9. The van der Waals surface area contributed by atoms with E-state index in [1.54, 1.807) is 0 Å². The number of anilines is 1. The van der Waals surface area contributed by atoms with Gasteiger partial charge in [-0.15, -0.1) is 10.2 Å². The fourth-order valence-corrected chi connectivity index (χ4v) is 4.08. The van der Waals surface area contributed by atoms with E-state index in [0.29, 0.717) is 17.7 Å². The Morgan fingerprint density at radius 1 is 0.973 bits per heavy atom. The predicted molar refractivity (Wildman–Crippen MR) is 117 cm³/mol. The number of aryl methyl sites for hydroxylation is 1. The lowest BCUT2D eigenvalue weighted by atomic mass is 9.88. The number of fused-ring (bicyclic) bond motifs is 1. The Bertz CT molecular complexity index is 1390. The molecule has 0 bridgehead atoms. The number of alkyl halides is 6. The molecule has 1 aliphatic heterocycles. The van der Waals surface area contributed by atoms with Crippen LogP contribution in [0.15, 0.2) is 48.5 Å². The number of amides is 1. The third kappa shape index (κ3) is 5.66. The van der Waals surface area contributed by atoms with Crippen molar-refractivity contribution in [2.45, 2.75) is 31.1 Å². The predicted octanol–water partition coefficient (Wildman–Crippen LogP) is 5.47. The highest BCUT2D eigenvalue weighted by atomic mass is 19.4. The SMILES string of the molecule is O=C1C(c2ccc(C(F)(F)F)cc2C(F)(F)F)CCc2cc(F)ccc2N1CC#Cc1ccc(O)nn1. The van der Waals surface area contributed by atoms with Crippen molar-refractivity contribution in [2.24, 2.45) is 0 Å². The van der Waals surface area contributed by atoms with Gasteiger partial charge in [-0.3, -0.25) is 9.69 Å². The molecule has 1 amide bonds. The summed E-state index contributed by atoms with van der Waals surface area (Å²) in [6.07, 6.45) is -10.4. The Balaban J connectivity index is 1.77. The minimum Gasteiger partial charge on any atom is -0.492 e. The van der Waals surface area contributed by atoms with Crippen LogP contribution in [0.4, 0.5) is 36.4 Å². The number of carbonyl (C=O) groups excluding carboxylic acids is 1. The van der Waals surface area contributed by atoms with Crippen LogP contribution in [-0.2, 0) is 23.6 Å². The number of nitrogens with zero attached hydrogens (tertiary/aromatic N) is 3. The number of rotatable bonds is 2. The highest BCUT2D eigenvalue weighted by Gasteiger charge is 2.42. The summed E-state index contributed by atoms with van der Waals surface area (Å²) in [4.78, 5) is 14.6. The van der Waals surface area contributed by atoms with Crippen LogP contribution in [0, 0.1) is 17.7 Å². The molecule has 2 heterocycles. The lowest BCUT2D eigenvalue weighted by Crippen LogP contribution is -2.35. The largest absolute Gasteiger partial charge is 0.492 e. The summed E-state index contributed by atoms with van der Waals surface area (Å²) >= 11 is 0. The van der Waals surface area contributed by atoms with Gasteiger partial charge in [-0.2, -0.15) is 26.3 Å². The molecule has 2 aromatic carbocycles. The zero-order valence-electron chi connectivity index (χ0n) is 18.7. The Kier molecular flexibility index (Phi) is 6.82. The van der Waals surface area contributed by atoms with Gasteiger partial charge < -0.3 is 5.11 Å². The van der Waals surface area contributed by atoms with Crippen LogP contribution in [-0.4, -0.2) is 27.8 Å². The van der Waals surface area contributed by atoms with Crippen molar-refractivity contribution < 1.29 is 40.6 Å². The molecule has 37 heavy (non-hydrogen) atoms. The molecule has 12 heteroatoms. The molecule has 0 saturated heterocycles. The van der Waals surface area contributed by atoms with E-state index in [4.69, 9.17) is 0 Å². The van der Waals surface area contributed by atoms with Gasteiger partial charge in [0.15, 0.2) is 0 Å². The van der Waals surface area contributed by atoms with E-state index in [1.807, 2.05) is 0 Å². The summed E-state index contributed by atoms with van der Waals surface area (Å²) in [5.41, 5.74) is -2.97. The number of aromatic nitrogens is 2. The first-order valence-corrected chi connectivity index (χ1v) is 10.7. The van der Waals surface area contributed by atoms with Gasteiger partial charge >= 0.3 is 12.4 Å². The van der Waals surface area contributed by atoms with Crippen LogP contribution in [0.2, 0.25) is 0 Å². The average Bonchev–Trinajstić information content (AvgIpc) is 2.95. The maximum absolute atomic E-state index is 13.9. The van der Waals surface area contributed by atoms with E-state index < -0.39 is 46.7 Å². The summed E-state index contributed by atoms with van der Waals surface area (Å²) in [7, 11) is 0. The van der Waals surface area contributed by atoms with Crippen molar-refractivity contribution in [3.05, 3.63) is 82.3 Å². The van der Waals surface area contributed by atoms with Gasteiger partial charge in [0.2, 0.25) is 11.8 Å². The van der Waals surface area contributed by atoms with Crippen molar-refractivity contribution in [1.82, 2.24) is 10.2 Å². The van der Waals surface area contributed by atoms with Gasteiger partial charge in [0.05, 0.1) is 23.6 Å². The smallest absolute Gasteiger partial charge is 0.416 e. The summed E-state index contributed by atoms with van der Waals surface area (Å²) in [5.74, 6) is 2.00. The first-order valence-electron chi connectivity index (χ1n) is 10.7. The number of hydrogen-bond acceptors (Lipinski definition) is 4. The molecule has 5 nitrogen and oxygen atoms in total. The van der Waals surface area contributed by atoms with E-state index in [0.717, 1.165) is 17.0 Å². The van der Waals surface area contributed by atoms with Crippen LogP contribution < -0.4 is 4.90 Å². The molecule has 0 fully saturated rings. The summed E-state index contributed by atoms with van der Waals surface area (Å²) in [6.45, 7) is -0.335. The lowest BCUT2D eigenvalue weighted by molar-refractivity contribution is -0.143. The van der Waals surface area contributed by atoms with Crippen LogP contribution in [0.1, 0.15) is 40.3 Å². The van der Waals surface area contributed by atoms with Crippen LogP contribution in [0.25, 0.3) is 0 Å². The second-order valence-electron chi connectivity index (χ2n) is 8.16. The number of carbonyl (C=O) groups is 1. The molecule has 1 unspecified atom stereocenters. The highest BCUT2D eigenvalue weighted by molar-refractivity contribution is 6.00. The van der Waals surface area contributed by atoms with Gasteiger partial charge in [-0.05, 0) is 66.3 Å². The maximum Gasteiger partial charge on any atom is 0.416 e. The quantitative estimate of drug-likeness (QED) is 0.357. The van der Waals surface area contributed by atoms with Crippen LogP contribution in [0.3, 0.4) is 0 Å². The highest BCUT2D eigenvalue weighted by Crippen LogP contribution is 2.42. The van der Waals surface area contributed by atoms with Crippen molar-refractivity contribution >= 4 is 11.6 Å². The molecule has 3 aromatic rings. The summed E-state index contributed by atoms with van der Waals surface area (Å²) in [5, 5.41) is 16.3. The second kappa shape index (κ2) is 9.72. The monoisotopic (exact) mass is 523 g/mol. The molecule has 1 aliphatic rings. The molecule has 0 aliphatic carbocycles. The summed E-state index contributed by atoms with van der Waals surface area (Å²) in [6, 6.07) is 7.27. The van der Waals surface area contributed by atoms with E-state index >= 15 is 0 Å². The molecule has 1 aromatic heterocycles. The normalized spacial score (nSPS) is 16.0. The van der Waals surface area contributed by atoms with Gasteiger partial charge in [0, 0.05) is 11.8 Å². The van der Waals surface area contributed by atoms with Crippen molar-refractivity contribution in [3.63, 3.8) is 0 Å². The molecule has 0 radical (unpaired) electrons. The summed E-state index contributed by atoms with van der Waals surface area (Å²) < 4.78 is 94.8. The second-order valence-corrected chi connectivity index (χ2v) is 8.16. The molecular weight excluding hydrogens is 507 g/mol. The molecule has 1 atom stereocenters. The zero-order chi connectivity index (χ0) is 27.0. The Labute approximate surface area is 205 Å². The molecule has 0 saturated carbocycles. The van der Waals surface area contributed by atoms with E-state index in [1.165, 1.54) is 18.2 Å². The van der Waals surface area contributed by atoms with Crippen molar-refractivity contribution in [2.75, 3.05) is 11.4 Å². The number of aromatic hydroxyl groups is 1. The van der Waals surface area contributed by atoms with Crippen LogP contribution in [0.5, 0.6) is 5.88 Å². The Hall–Kier alpha value is -4.14. The molecule has 192 valence electrons. The molecule has 0 spiro atoms. The minimum atomic E-state index is -5.16. The third-order valence-corrected chi connectivity index (χ3v) is 5.76. The van der Waals surface area contributed by atoms with Crippen LogP contribution >= 0.6 is 0 Å². The van der Waals surface area contributed by atoms with E-state index in [9.17, 15) is 40.6 Å². The zero-order valence-corrected chi connectivity index (χ0v) is 18.7. The van der Waals surface area contributed by atoms with Crippen molar-refractivity contribution in [3.8, 4) is 17.7 Å². The third-order valence-electron chi connectivity index (χ3n) is 5.76. The molecule has 1 N–H and O–H groups in total. The maximum atomic E-state index is 13.9. The Morgan fingerprint density at radius 3 is 2.38 bits per heavy atom. The van der Waals surface area contributed by atoms with Gasteiger partial charge in [-0.25, -0.2) is 4.39 Å². The average molecular weight is 523 g/mol. The molecular formula is C25H16F7N3O2. The van der Waals surface area contributed by atoms with Crippen molar-refractivity contribution in [1.29, 1.82) is 0 Å². The number of hydrogen-bond donors (Lipinski definition) is 1. The number of benzene rings is 2. The van der Waals surface area contributed by atoms with Gasteiger partial charge in [0.1, 0.15) is 11.5 Å². The van der Waals surface area contributed by atoms with Gasteiger partial charge in [-0.1, -0.05) is 12.0 Å². The minimum absolute atomic E-state index is 0.00478. The Morgan fingerprint density at radius 2 is 1.73 bits per heavy atom. The standard InChI is InChI=1S/C25H16F7N3O2/c26-16-5-9-21-14(12-16)3-7-19(18-8-4-15(24(27,28)29)13-20(18)25(30,31)32)23(37)35(21)11-1-2-17-6-10-22(36)34-33-17/h4-6,8-10,12-13,19H,3,7,11H2,(H,34,36). The fourth-order valence-electron chi connectivity index (χ4n) is 4.08. The van der Waals surface area contributed by atoms with E-state index in [-0.39, 0.29) is 42.7 Å². The number of halogens is 7. The first-order chi connectivity index (χ1) is 17.3. The molecule has 4 rings (SSSR count). The fraction of sp³-hybridized carbons (Fsp3) is 0.240. The van der Waals surface area contributed by atoms with Gasteiger partial charge in [0.25, 0.3) is 0 Å². The topological polar surface area (TPSA) is 66.3 Å². The lowest BCUT2D eigenvalue weighted by Gasteiger charge is -2.26. The van der Waals surface area contributed by atoms with E-state index in [2.05, 4.69) is 22.0 Å².